The summed E-state index contributed by atoms with van der Waals surface area (Å²) in [7, 11) is -2.11. The van der Waals surface area contributed by atoms with Crippen LogP contribution in [-0.4, -0.2) is 57.6 Å². The van der Waals surface area contributed by atoms with Gasteiger partial charge in [0.25, 0.3) is 0 Å². The van der Waals surface area contributed by atoms with Gasteiger partial charge in [0.15, 0.2) is 0 Å². The van der Waals surface area contributed by atoms with Crippen molar-refractivity contribution in [1.29, 1.82) is 0 Å². The van der Waals surface area contributed by atoms with E-state index in [1.165, 1.54) is 16.3 Å². The number of rotatable bonds is 12. The Bertz CT molecular complexity index is 1120. The zero-order chi connectivity index (χ0) is 26.2. The van der Waals surface area contributed by atoms with E-state index in [0.29, 0.717) is 33.6 Å². The van der Waals surface area contributed by atoms with Crippen molar-refractivity contribution in [2.45, 2.75) is 39.3 Å². The predicted octanol–water partition coefficient (Wildman–Crippen LogP) is 4.10. The highest BCUT2D eigenvalue weighted by Crippen LogP contribution is 2.27. The second-order valence-corrected chi connectivity index (χ2v) is 10.7. The molecule has 192 valence electrons. The molecule has 0 unspecified atom stereocenters. The molecule has 1 atom stereocenters. The number of carbonyl (C=O) groups is 2. The molecule has 0 saturated carbocycles. The van der Waals surface area contributed by atoms with Gasteiger partial charge in [-0.2, -0.15) is 0 Å². The van der Waals surface area contributed by atoms with Gasteiger partial charge in [0.2, 0.25) is 21.8 Å². The molecule has 0 heterocycles. The topological polar surface area (TPSA) is 96.0 Å². The molecule has 2 aromatic rings. The number of benzene rings is 2. The molecule has 0 saturated heterocycles. The summed E-state index contributed by atoms with van der Waals surface area (Å²) >= 11 is 12.6. The maximum atomic E-state index is 13.3. The Hall–Kier alpha value is -2.49. The number of carbonyl (C=O) groups excluding carboxylic acids is 2. The molecule has 0 radical (unpaired) electrons. The van der Waals surface area contributed by atoms with E-state index in [4.69, 9.17) is 27.9 Å². The fourth-order valence-corrected chi connectivity index (χ4v) is 5.00. The first-order valence-electron chi connectivity index (χ1n) is 11.1. The number of methoxy groups -OCH3 is 1. The molecule has 0 spiro atoms. The monoisotopic (exact) mass is 543 g/mol. The van der Waals surface area contributed by atoms with Crippen LogP contribution in [0, 0.1) is 0 Å². The Labute approximate surface area is 217 Å². The van der Waals surface area contributed by atoms with E-state index in [9.17, 15) is 18.0 Å². The summed E-state index contributed by atoms with van der Waals surface area (Å²) in [5.74, 6) is -0.109. The second kappa shape index (κ2) is 13.0. The van der Waals surface area contributed by atoms with Gasteiger partial charge in [-0.15, -0.1) is 0 Å². The molecule has 35 heavy (non-hydrogen) atoms. The maximum Gasteiger partial charge on any atom is 0.242 e. The van der Waals surface area contributed by atoms with Gasteiger partial charge in [-0.3, -0.25) is 13.9 Å². The van der Waals surface area contributed by atoms with Crippen molar-refractivity contribution < 1.29 is 22.7 Å². The molecule has 0 aliphatic heterocycles. The first-order chi connectivity index (χ1) is 16.5. The molecule has 0 aromatic heterocycles. The number of amides is 2. The Morgan fingerprint density at radius 1 is 1.11 bits per heavy atom. The normalized spacial score (nSPS) is 12.1. The molecular weight excluding hydrogens is 513 g/mol. The van der Waals surface area contributed by atoms with Gasteiger partial charge in [-0.1, -0.05) is 35.3 Å². The third-order valence-electron chi connectivity index (χ3n) is 5.40. The lowest BCUT2D eigenvalue weighted by Crippen LogP contribution is -2.47. The number of nitrogens with one attached hydrogen (secondary N) is 1. The Morgan fingerprint density at radius 3 is 2.31 bits per heavy atom. The van der Waals surface area contributed by atoms with Crippen molar-refractivity contribution in [3.05, 3.63) is 58.1 Å². The average Bonchev–Trinajstić information content (AvgIpc) is 2.80. The van der Waals surface area contributed by atoms with Crippen molar-refractivity contribution >= 4 is 50.7 Å². The van der Waals surface area contributed by atoms with E-state index in [2.05, 4.69) is 5.32 Å². The number of hydrogen-bond acceptors (Lipinski definition) is 5. The van der Waals surface area contributed by atoms with E-state index in [1.807, 2.05) is 0 Å². The molecule has 11 heteroatoms. The van der Waals surface area contributed by atoms with Crippen LogP contribution < -0.4 is 14.4 Å². The van der Waals surface area contributed by atoms with Crippen LogP contribution in [0.15, 0.2) is 42.5 Å². The zero-order valence-corrected chi connectivity index (χ0v) is 22.6. The van der Waals surface area contributed by atoms with Gasteiger partial charge in [0.1, 0.15) is 11.8 Å². The smallest absolute Gasteiger partial charge is 0.242 e. The summed E-state index contributed by atoms with van der Waals surface area (Å²) in [6, 6.07) is 10.9. The number of likely N-dealkylation sites (N-methyl/N-ethyl adjacent to an activating group) is 1. The second-order valence-electron chi connectivity index (χ2n) is 7.93. The van der Waals surface area contributed by atoms with E-state index >= 15 is 0 Å². The van der Waals surface area contributed by atoms with Crippen molar-refractivity contribution in [2.75, 3.05) is 30.8 Å². The van der Waals surface area contributed by atoms with Crippen LogP contribution in [0.1, 0.15) is 32.3 Å². The molecule has 0 bridgehead atoms. The lowest BCUT2D eigenvalue weighted by molar-refractivity contribution is -0.140. The highest BCUT2D eigenvalue weighted by atomic mass is 35.5. The predicted molar refractivity (Wildman–Crippen MR) is 140 cm³/mol. The molecule has 0 fully saturated rings. The van der Waals surface area contributed by atoms with Gasteiger partial charge in [-0.05, 0) is 44.5 Å². The minimum Gasteiger partial charge on any atom is -0.497 e. The third-order valence-corrected chi connectivity index (χ3v) is 7.30. The summed E-state index contributed by atoms with van der Waals surface area (Å²) in [5.41, 5.74) is 0.976. The molecule has 2 rings (SSSR count). The highest BCUT2D eigenvalue weighted by molar-refractivity contribution is 7.92. The molecule has 2 amide bonds. The van der Waals surface area contributed by atoms with Crippen molar-refractivity contribution in [3.8, 4) is 5.75 Å². The Kier molecular flexibility index (Phi) is 10.7. The molecule has 2 aromatic carbocycles. The summed E-state index contributed by atoms with van der Waals surface area (Å²) in [6.07, 6.45) is 1.36. The molecule has 8 nitrogen and oxygen atoms in total. The number of hydrogen-bond donors (Lipinski definition) is 1. The maximum absolute atomic E-state index is 13.3. The molecule has 0 aliphatic rings. The van der Waals surface area contributed by atoms with Crippen LogP contribution >= 0.6 is 23.2 Å². The number of nitrogens with zero attached hydrogens (tertiary/aromatic N) is 2. The number of ether oxygens (including phenoxy) is 1. The van der Waals surface area contributed by atoms with Crippen LogP contribution in [0.4, 0.5) is 5.69 Å². The summed E-state index contributed by atoms with van der Waals surface area (Å²) in [4.78, 5) is 27.2. The summed E-state index contributed by atoms with van der Waals surface area (Å²) in [5, 5.41) is 3.50. The van der Waals surface area contributed by atoms with Crippen molar-refractivity contribution in [2.24, 2.45) is 0 Å². The summed E-state index contributed by atoms with van der Waals surface area (Å²) in [6.45, 7) is 3.96. The molecular formula is C24H31Cl2N3O5S. The number of sulfonamides is 1. The lowest BCUT2D eigenvalue weighted by Gasteiger charge is -2.30. The molecule has 1 N–H and O–H groups in total. The Balaban J connectivity index is 2.22. The van der Waals surface area contributed by atoms with Gasteiger partial charge in [-0.25, -0.2) is 8.42 Å². The number of halogens is 2. The van der Waals surface area contributed by atoms with E-state index in [1.54, 1.807) is 56.3 Å². The van der Waals surface area contributed by atoms with Gasteiger partial charge < -0.3 is 15.0 Å². The number of anilines is 1. The minimum atomic E-state index is -3.60. The fraction of sp³-hybridized carbons (Fsp3) is 0.417. The van der Waals surface area contributed by atoms with Crippen molar-refractivity contribution in [1.82, 2.24) is 10.2 Å². The first kappa shape index (κ1) is 28.7. The van der Waals surface area contributed by atoms with E-state index < -0.39 is 16.1 Å². The zero-order valence-electron chi connectivity index (χ0n) is 20.3. The van der Waals surface area contributed by atoms with E-state index in [-0.39, 0.29) is 37.7 Å². The fourth-order valence-electron chi connectivity index (χ4n) is 3.53. The molecule has 0 aliphatic carbocycles. The third kappa shape index (κ3) is 8.02. The van der Waals surface area contributed by atoms with Gasteiger partial charge in [0, 0.05) is 47.7 Å². The van der Waals surface area contributed by atoms with Crippen LogP contribution in [0.2, 0.25) is 10.0 Å². The van der Waals surface area contributed by atoms with Gasteiger partial charge >= 0.3 is 0 Å². The van der Waals surface area contributed by atoms with Crippen LogP contribution in [0.5, 0.6) is 5.75 Å². The Morgan fingerprint density at radius 2 is 1.74 bits per heavy atom. The lowest BCUT2D eigenvalue weighted by atomic mass is 10.1. The van der Waals surface area contributed by atoms with Crippen LogP contribution in [0.3, 0.4) is 0 Å². The SMILES string of the molecule is CCNC(=O)[C@H](C)N(Cc1c(Cl)cccc1Cl)C(=O)CCCN(c1cccc(OC)c1)S(C)(=O)=O. The minimum absolute atomic E-state index is 0.0157. The van der Waals surface area contributed by atoms with Crippen LogP contribution in [-0.2, 0) is 26.2 Å². The summed E-state index contributed by atoms with van der Waals surface area (Å²) < 4.78 is 31.3. The largest absolute Gasteiger partial charge is 0.497 e. The van der Waals surface area contributed by atoms with Crippen molar-refractivity contribution in [3.63, 3.8) is 0 Å². The van der Waals surface area contributed by atoms with E-state index in [0.717, 1.165) is 6.26 Å². The average molecular weight is 545 g/mol. The first-order valence-corrected chi connectivity index (χ1v) is 13.7. The standard InChI is InChI=1S/C24H31Cl2N3O5S/c1-5-27-24(31)17(2)28(16-20-21(25)11-7-12-22(20)26)23(30)13-8-14-29(35(4,32)33)18-9-6-10-19(15-18)34-3/h6-7,9-12,15,17H,5,8,13-14,16H2,1-4H3,(H,27,31)/t17-/m0/s1. The van der Waals surface area contributed by atoms with Crippen LogP contribution in [0.25, 0.3) is 0 Å². The van der Waals surface area contributed by atoms with Gasteiger partial charge in [0.05, 0.1) is 19.1 Å². The highest BCUT2D eigenvalue weighted by Gasteiger charge is 2.27. The quantitative estimate of drug-likeness (QED) is 0.434.